The highest BCUT2D eigenvalue weighted by Crippen LogP contribution is 2.40. The third-order valence-corrected chi connectivity index (χ3v) is 5.65. The fourth-order valence-electron chi connectivity index (χ4n) is 3.99. The molecule has 1 aromatic rings. The quantitative estimate of drug-likeness (QED) is 0.865. The summed E-state index contributed by atoms with van der Waals surface area (Å²) in [5.74, 6) is 0.253. The van der Waals surface area contributed by atoms with Gasteiger partial charge in [-0.3, -0.25) is 14.3 Å². The van der Waals surface area contributed by atoms with E-state index >= 15 is 0 Å². The number of likely N-dealkylation sites (tertiary alicyclic amines) is 2. The molecule has 2 aliphatic heterocycles. The molecule has 7 heteroatoms. The molecule has 3 rings (SSSR count). The zero-order valence-electron chi connectivity index (χ0n) is 15.0. The highest BCUT2D eigenvalue weighted by Gasteiger charge is 2.41. The van der Waals surface area contributed by atoms with E-state index in [1.807, 2.05) is 22.9 Å². The minimum absolute atomic E-state index is 0.0542. The van der Waals surface area contributed by atoms with Gasteiger partial charge in [0.05, 0.1) is 11.8 Å². The first-order chi connectivity index (χ1) is 12.1. The van der Waals surface area contributed by atoms with Crippen molar-refractivity contribution in [2.24, 2.45) is 5.41 Å². The van der Waals surface area contributed by atoms with Gasteiger partial charge in [0, 0.05) is 51.9 Å². The number of hydrogen-bond donors (Lipinski definition) is 1. The van der Waals surface area contributed by atoms with Crippen molar-refractivity contribution >= 4 is 11.8 Å². The summed E-state index contributed by atoms with van der Waals surface area (Å²) in [6.07, 6.45) is 7.45. The van der Waals surface area contributed by atoms with Gasteiger partial charge in [0.2, 0.25) is 5.91 Å². The number of aromatic nitrogens is 2. The van der Waals surface area contributed by atoms with Crippen molar-refractivity contribution < 1.29 is 14.7 Å². The van der Waals surface area contributed by atoms with Crippen LogP contribution < -0.4 is 0 Å². The molecule has 2 saturated heterocycles. The zero-order valence-corrected chi connectivity index (χ0v) is 15.0. The number of rotatable bonds is 5. The number of amides is 2. The fourth-order valence-corrected chi connectivity index (χ4v) is 3.99. The van der Waals surface area contributed by atoms with Crippen molar-refractivity contribution in [2.45, 2.75) is 45.6 Å². The van der Waals surface area contributed by atoms with Crippen LogP contribution in [0.25, 0.3) is 0 Å². The molecule has 138 valence electrons. The Morgan fingerprint density at radius 3 is 2.72 bits per heavy atom. The van der Waals surface area contributed by atoms with Gasteiger partial charge in [-0.2, -0.15) is 5.10 Å². The minimum atomic E-state index is 0.0542. The molecule has 3 heterocycles. The molecular formula is C18H28N4O3. The van der Waals surface area contributed by atoms with Crippen molar-refractivity contribution in [3.63, 3.8) is 0 Å². The summed E-state index contributed by atoms with van der Waals surface area (Å²) in [6.45, 7) is 5.74. The molecule has 0 saturated carbocycles. The smallest absolute Gasteiger partial charge is 0.257 e. The molecule has 0 aromatic carbocycles. The van der Waals surface area contributed by atoms with Gasteiger partial charge in [0.25, 0.3) is 5.91 Å². The van der Waals surface area contributed by atoms with Crippen LogP contribution in [-0.4, -0.2) is 69.3 Å². The zero-order chi connectivity index (χ0) is 17.9. The summed E-state index contributed by atoms with van der Waals surface area (Å²) in [5, 5.41) is 13.2. The van der Waals surface area contributed by atoms with Crippen LogP contribution in [0.15, 0.2) is 12.4 Å². The Labute approximate surface area is 148 Å². The average molecular weight is 348 g/mol. The summed E-state index contributed by atoms with van der Waals surface area (Å²) in [4.78, 5) is 28.5. The molecule has 1 N–H and O–H groups in total. The van der Waals surface area contributed by atoms with Crippen LogP contribution >= 0.6 is 0 Å². The van der Waals surface area contributed by atoms with Crippen LogP contribution in [0.4, 0.5) is 0 Å². The number of aryl methyl sites for hydroxylation is 1. The molecule has 0 unspecified atom stereocenters. The largest absolute Gasteiger partial charge is 0.396 e. The molecule has 25 heavy (non-hydrogen) atoms. The second kappa shape index (κ2) is 7.56. The van der Waals surface area contributed by atoms with Gasteiger partial charge in [-0.25, -0.2) is 0 Å². The standard InChI is InChI=1S/C18H28N4O3/c1-2-22-13-15(12-19-22)17(25)20-9-6-18(7-10-20)5-4-16(24)21(14-18)8-3-11-23/h12-13,23H,2-11,14H2,1H3. The first-order valence-electron chi connectivity index (χ1n) is 9.27. The fraction of sp³-hybridized carbons (Fsp3) is 0.722. The summed E-state index contributed by atoms with van der Waals surface area (Å²) in [6, 6.07) is 0. The maximum Gasteiger partial charge on any atom is 0.257 e. The van der Waals surface area contributed by atoms with Crippen LogP contribution in [0.1, 0.15) is 49.4 Å². The van der Waals surface area contributed by atoms with Gasteiger partial charge < -0.3 is 14.9 Å². The second-order valence-electron chi connectivity index (χ2n) is 7.27. The Hall–Kier alpha value is -1.89. The second-order valence-corrected chi connectivity index (χ2v) is 7.27. The summed E-state index contributed by atoms with van der Waals surface area (Å²) in [5.41, 5.74) is 0.787. The third kappa shape index (κ3) is 3.86. The molecule has 1 aromatic heterocycles. The SMILES string of the molecule is CCn1cc(C(=O)N2CCC3(CCC(=O)N(CCCO)C3)CC2)cn1. The molecule has 0 aliphatic carbocycles. The number of hydrogen-bond acceptors (Lipinski definition) is 4. The molecule has 2 aliphatic rings. The number of nitrogens with zero attached hydrogens (tertiary/aromatic N) is 4. The summed E-state index contributed by atoms with van der Waals surface area (Å²) >= 11 is 0. The van der Waals surface area contributed by atoms with E-state index in [-0.39, 0.29) is 23.8 Å². The van der Waals surface area contributed by atoms with Crippen molar-refractivity contribution in [2.75, 3.05) is 32.8 Å². The summed E-state index contributed by atoms with van der Waals surface area (Å²) in [7, 11) is 0. The average Bonchev–Trinajstić information content (AvgIpc) is 3.12. The van der Waals surface area contributed by atoms with Gasteiger partial charge in [-0.05, 0) is 38.0 Å². The van der Waals surface area contributed by atoms with E-state index in [0.717, 1.165) is 45.4 Å². The molecule has 0 radical (unpaired) electrons. The van der Waals surface area contributed by atoms with Crippen LogP contribution in [0.5, 0.6) is 0 Å². The Morgan fingerprint density at radius 1 is 1.32 bits per heavy atom. The number of piperidine rings is 2. The van der Waals surface area contributed by atoms with Crippen molar-refractivity contribution in [1.82, 2.24) is 19.6 Å². The van der Waals surface area contributed by atoms with E-state index in [9.17, 15) is 9.59 Å². The van der Waals surface area contributed by atoms with Crippen LogP contribution in [0.2, 0.25) is 0 Å². The van der Waals surface area contributed by atoms with E-state index in [2.05, 4.69) is 5.10 Å². The lowest BCUT2D eigenvalue weighted by Gasteiger charge is -2.47. The Kier molecular flexibility index (Phi) is 5.42. The lowest BCUT2D eigenvalue weighted by atomic mass is 9.72. The maximum atomic E-state index is 12.6. The van der Waals surface area contributed by atoms with Crippen molar-refractivity contribution in [3.05, 3.63) is 18.0 Å². The van der Waals surface area contributed by atoms with Crippen LogP contribution in [0, 0.1) is 5.41 Å². The molecule has 1 spiro atoms. The van der Waals surface area contributed by atoms with Gasteiger partial charge in [0.1, 0.15) is 0 Å². The molecule has 0 atom stereocenters. The number of carbonyl (C=O) groups excluding carboxylic acids is 2. The monoisotopic (exact) mass is 348 g/mol. The predicted molar refractivity (Wildman–Crippen MR) is 93.0 cm³/mol. The minimum Gasteiger partial charge on any atom is -0.396 e. The Bertz CT molecular complexity index is 620. The number of carbonyl (C=O) groups is 2. The van der Waals surface area contributed by atoms with Gasteiger partial charge in [-0.15, -0.1) is 0 Å². The lowest BCUT2D eigenvalue weighted by Crippen LogP contribution is -2.52. The number of aliphatic hydroxyl groups is 1. The van der Waals surface area contributed by atoms with Crippen LogP contribution in [-0.2, 0) is 11.3 Å². The maximum absolute atomic E-state index is 12.6. The molecule has 0 bridgehead atoms. The van der Waals surface area contributed by atoms with E-state index in [1.54, 1.807) is 10.9 Å². The van der Waals surface area contributed by atoms with E-state index in [1.165, 1.54) is 0 Å². The van der Waals surface area contributed by atoms with Gasteiger partial charge in [0.15, 0.2) is 0 Å². The third-order valence-electron chi connectivity index (χ3n) is 5.65. The van der Waals surface area contributed by atoms with Gasteiger partial charge >= 0.3 is 0 Å². The molecular weight excluding hydrogens is 320 g/mol. The Morgan fingerprint density at radius 2 is 2.08 bits per heavy atom. The highest BCUT2D eigenvalue weighted by molar-refractivity contribution is 5.93. The topological polar surface area (TPSA) is 78.7 Å². The van der Waals surface area contributed by atoms with Crippen molar-refractivity contribution in [3.8, 4) is 0 Å². The highest BCUT2D eigenvalue weighted by atomic mass is 16.3. The molecule has 2 amide bonds. The first-order valence-corrected chi connectivity index (χ1v) is 9.27. The Balaban J connectivity index is 1.59. The normalized spacial score (nSPS) is 20.3. The lowest BCUT2D eigenvalue weighted by molar-refractivity contribution is -0.139. The molecule has 7 nitrogen and oxygen atoms in total. The van der Waals surface area contributed by atoms with E-state index < -0.39 is 0 Å². The van der Waals surface area contributed by atoms with E-state index in [0.29, 0.717) is 24.9 Å². The summed E-state index contributed by atoms with van der Waals surface area (Å²) < 4.78 is 1.77. The van der Waals surface area contributed by atoms with Crippen molar-refractivity contribution in [1.29, 1.82) is 0 Å². The van der Waals surface area contributed by atoms with Crippen LogP contribution in [0.3, 0.4) is 0 Å². The number of aliphatic hydroxyl groups excluding tert-OH is 1. The van der Waals surface area contributed by atoms with E-state index in [4.69, 9.17) is 5.11 Å². The predicted octanol–water partition coefficient (Wildman–Crippen LogP) is 1.13. The van der Waals surface area contributed by atoms with Gasteiger partial charge in [-0.1, -0.05) is 0 Å². The first kappa shape index (κ1) is 17.9. The molecule has 2 fully saturated rings.